The predicted octanol–water partition coefficient (Wildman–Crippen LogP) is 13.6. The van der Waals surface area contributed by atoms with Crippen LogP contribution in [0.4, 0.5) is 13.6 Å². The number of thiophene rings is 2. The van der Waals surface area contributed by atoms with E-state index in [9.17, 15) is 23.2 Å². The normalized spacial score (nSPS) is 14.8. The number of esters is 2. The number of benzene rings is 2. The van der Waals surface area contributed by atoms with Crippen LogP contribution in [0.2, 0.25) is 10.0 Å². The van der Waals surface area contributed by atoms with Crippen molar-refractivity contribution in [3.63, 3.8) is 0 Å². The second-order valence-electron chi connectivity index (χ2n) is 19.9. The molecule has 77 heavy (non-hydrogen) atoms. The second kappa shape index (κ2) is 24.5. The fraction of sp³-hybridized carbons (Fsp3) is 0.351. The molecule has 1 N–H and O–H groups in total. The Morgan fingerprint density at radius 1 is 0.662 bits per heavy atom. The van der Waals surface area contributed by atoms with Crippen LogP contribution in [-0.4, -0.2) is 93.4 Å². The number of aromatic nitrogens is 4. The first-order chi connectivity index (χ1) is 37.0. The number of piperidine rings is 2. The number of hydrogen-bond acceptors (Lipinski definition) is 14. The summed E-state index contributed by atoms with van der Waals surface area (Å²) in [5, 5.41) is 0.704. The third-order valence-electron chi connectivity index (χ3n) is 13.3. The van der Waals surface area contributed by atoms with E-state index in [2.05, 4.69) is 25.8 Å². The van der Waals surface area contributed by atoms with Gasteiger partial charge in [0.1, 0.15) is 40.2 Å². The topological polar surface area (TPSA) is 150 Å². The van der Waals surface area contributed by atoms with Crippen molar-refractivity contribution in [2.45, 2.75) is 90.2 Å². The van der Waals surface area contributed by atoms with E-state index in [-0.39, 0.29) is 30.9 Å². The van der Waals surface area contributed by atoms with Crippen LogP contribution in [0, 0.1) is 11.6 Å². The number of aromatic amines is 1. The SMILES string of the molecule is COC(=O)c1cc2[nH]c(CN3CCC(c4cccc(OCc5ccc(Cl)cc5F)n4)CC3)cc2s1.COC(=O)c1cc2c(cc(CN3CCC(c4cccc(OCc5ccc(Cl)cc5F)n4)CC3)n2C(=O)OC(C)(C)C)s1. The molecule has 8 aromatic rings. The van der Waals surface area contributed by atoms with Crippen molar-refractivity contribution in [1.82, 2.24) is 29.3 Å². The van der Waals surface area contributed by atoms with Gasteiger partial charge in [-0.2, -0.15) is 0 Å². The highest BCUT2D eigenvalue weighted by atomic mass is 35.5. The number of likely N-dealkylation sites (tertiary alicyclic amines) is 2. The molecule has 14 nitrogen and oxygen atoms in total. The molecule has 0 spiro atoms. The molecule has 10 rings (SSSR count). The largest absolute Gasteiger partial charge is 0.473 e. The Morgan fingerprint density at radius 2 is 1.17 bits per heavy atom. The van der Waals surface area contributed by atoms with Crippen LogP contribution in [-0.2, 0) is 40.5 Å². The van der Waals surface area contributed by atoms with Gasteiger partial charge >= 0.3 is 18.0 Å². The van der Waals surface area contributed by atoms with Crippen LogP contribution < -0.4 is 9.47 Å². The summed E-state index contributed by atoms with van der Waals surface area (Å²) in [6.07, 6.45) is 3.30. The van der Waals surface area contributed by atoms with Crippen molar-refractivity contribution >= 4 is 84.3 Å². The minimum absolute atomic E-state index is 0.0633. The average Bonchev–Trinajstić information content (AvgIpc) is 4.24. The number of methoxy groups -OCH3 is 2. The van der Waals surface area contributed by atoms with Crippen molar-refractivity contribution < 1.29 is 46.8 Å². The van der Waals surface area contributed by atoms with Crippen LogP contribution in [0.25, 0.3) is 20.4 Å². The van der Waals surface area contributed by atoms with Gasteiger partial charge in [-0.3, -0.25) is 9.80 Å². The summed E-state index contributed by atoms with van der Waals surface area (Å²) in [7, 11) is 2.73. The number of rotatable bonds is 14. The van der Waals surface area contributed by atoms with Gasteiger partial charge in [-0.05, 0) is 133 Å². The molecule has 2 fully saturated rings. The molecule has 0 amide bonds. The molecule has 2 aromatic carbocycles. The third kappa shape index (κ3) is 14.0. The van der Waals surface area contributed by atoms with Crippen LogP contribution in [0.1, 0.15) is 112 Å². The van der Waals surface area contributed by atoms with E-state index in [1.165, 1.54) is 49.0 Å². The molecule has 20 heteroatoms. The monoisotopic (exact) mass is 1130 g/mol. The molecular weight excluding hydrogens is 1070 g/mol. The zero-order valence-corrected chi connectivity index (χ0v) is 46.4. The molecule has 2 aliphatic heterocycles. The van der Waals surface area contributed by atoms with Gasteiger partial charge in [-0.25, -0.2) is 37.7 Å². The first-order valence-electron chi connectivity index (χ1n) is 25.2. The summed E-state index contributed by atoms with van der Waals surface area (Å²) in [5.74, 6) is 0.0271. The number of carbonyl (C=O) groups is 3. The molecule has 6 aromatic heterocycles. The van der Waals surface area contributed by atoms with Gasteiger partial charge in [0, 0.05) is 81.0 Å². The van der Waals surface area contributed by atoms with Gasteiger partial charge in [-0.1, -0.05) is 47.5 Å². The molecule has 404 valence electrons. The Kier molecular flexibility index (Phi) is 17.6. The number of hydrogen-bond donors (Lipinski definition) is 1. The lowest BCUT2D eigenvalue weighted by atomic mass is 9.93. The van der Waals surface area contributed by atoms with E-state index in [1.807, 2.05) is 57.2 Å². The lowest BCUT2D eigenvalue weighted by molar-refractivity contribution is 0.0531. The van der Waals surface area contributed by atoms with Crippen molar-refractivity contribution in [3.8, 4) is 11.8 Å². The molecule has 0 saturated carbocycles. The lowest BCUT2D eigenvalue weighted by Crippen LogP contribution is -2.34. The first kappa shape index (κ1) is 55.3. The minimum Gasteiger partial charge on any atom is -0.473 e. The number of carbonyl (C=O) groups excluding carboxylic acids is 3. The van der Waals surface area contributed by atoms with Crippen molar-refractivity contribution in [2.75, 3.05) is 40.4 Å². The van der Waals surface area contributed by atoms with Crippen molar-refractivity contribution in [3.05, 3.63) is 162 Å². The van der Waals surface area contributed by atoms with Crippen LogP contribution in [0.15, 0.2) is 97.1 Å². The quantitative estimate of drug-likeness (QED) is 0.0815. The number of halogens is 4. The molecule has 0 aliphatic carbocycles. The smallest absolute Gasteiger partial charge is 0.419 e. The van der Waals surface area contributed by atoms with Crippen molar-refractivity contribution in [2.24, 2.45) is 0 Å². The maximum absolute atomic E-state index is 14.1. The first-order valence-corrected chi connectivity index (χ1v) is 27.6. The second-order valence-corrected chi connectivity index (χ2v) is 23.0. The van der Waals surface area contributed by atoms with Crippen LogP contribution >= 0.6 is 45.9 Å². The number of fused-ring (bicyclic) bond motifs is 2. The fourth-order valence-electron chi connectivity index (χ4n) is 9.45. The molecule has 2 saturated heterocycles. The summed E-state index contributed by atoms with van der Waals surface area (Å²) < 4.78 is 58.5. The Labute approximate surface area is 462 Å². The predicted molar refractivity (Wildman–Crippen MR) is 295 cm³/mol. The number of H-pyrrole nitrogens is 1. The van der Waals surface area contributed by atoms with Crippen molar-refractivity contribution in [1.29, 1.82) is 0 Å². The minimum atomic E-state index is -0.668. The highest BCUT2D eigenvalue weighted by molar-refractivity contribution is 7.21. The van der Waals surface area contributed by atoms with Gasteiger partial charge in [0.05, 0.1) is 34.7 Å². The third-order valence-corrected chi connectivity index (χ3v) is 15.9. The van der Waals surface area contributed by atoms with Gasteiger partial charge < -0.3 is 28.7 Å². The molecule has 0 atom stereocenters. The van der Waals surface area contributed by atoms with E-state index in [0.29, 0.717) is 60.7 Å². The summed E-state index contributed by atoms with van der Waals surface area (Å²) in [6.45, 7) is 10.6. The summed E-state index contributed by atoms with van der Waals surface area (Å²) in [4.78, 5) is 55.7. The highest BCUT2D eigenvalue weighted by Crippen LogP contribution is 2.35. The zero-order chi connectivity index (χ0) is 54.4. The lowest BCUT2D eigenvalue weighted by Gasteiger charge is -2.32. The molecule has 2 aliphatic rings. The van der Waals surface area contributed by atoms with Crippen LogP contribution in [0.5, 0.6) is 11.8 Å². The van der Waals surface area contributed by atoms with E-state index >= 15 is 0 Å². The van der Waals surface area contributed by atoms with E-state index < -0.39 is 23.5 Å². The summed E-state index contributed by atoms with van der Waals surface area (Å²) in [6, 6.07) is 28.1. The summed E-state index contributed by atoms with van der Waals surface area (Å²) >= 11 is 14.4. The molecule has 8 heterocycles. The summed E-state index contributed by atoms with van der Waals surface area (Å²) in [5.41, 5.74) is 5.70. The maximum Gasteiger partial charge on any atom is 0.419 e. The maximum atomic E-state index is 14.1. The fourth-order valence-corrected chi connectivity index (χ4v) is 11.8. The molecule has 0 unspecified atom stereocenters. The molecule has 0 bridgehead atoms. The molecular formula is C57H58Cl2F2N6O8S2. The zero-order valence-electron chi connectivity index (χ0n) is 43.2. The Hall–Kier alpha value is -6.41. The Bertz CT molecular complexity index is 3360. The average molecular weight is 1130 g/mol. The van der Waals surface area contributed by atoms with Gasteiger partial charge in [0.2, 0.25) is 11.8 Å². The van der Waals surface area contributed by atoms with Gasteiger partial charge in [0.15, 0.2) is 0 Å². The Morgan fingerprint density at radius 3 is 1.66 bits per heavy atom. The highest BCUT2D eigenvalue weighted by Gasteiger charge is 2.29. The number of ether oxygens (including phenoxy) is 5. The van der Waals surface area contributed by atoms with E-state index in [1.54, 1.807) is 47.0 Å². The standard InChI is InChI=1S/C31H33ClFN3O5S.C26H25ClFN3O3S/c1-31(2,3)41-30(38)36-22(15-26-25(36)16-27(42-26)29(37)39-4)17-35-12-10-19(11-13-35)24-6-5-7-28(34-24)40-18-20-8-9-21(32)14-23(20)33;1-33-26(32)24-13-22-23(35-24)12-19(29-22)14-31-9-7-16(8-10-31)21-3-2-4-25(30-21)34-15-17-5-6-18(27)11-20(17)28/h5-9,14-16,19H,10-13,17-18H2,1-4H3;2-6,11-13,16,29H,7-10,14-15H2,1H3. The van der Waals surface area contributed by atoms with Crippen LogP contribution in [0.3, 0.4) is 0 Å². The van der Waals surface area contributed by atoms with E-state index in [0.717, 1.165) is 96.1 Å². The van der Waals surface area contributed by atoms with E-state index in [4.69, 9.17) is 51.9 Å². The Balaban J connectivity index is 0.000000191. The van der Waals surface area contributed by atoms with Gasteiger partial charge in [0.25, 0.3) is 0 Å². The number of nitrogens with one attached hydrogen (secondary N) is 1. The number of nitrogens with zero attached hydrogens (tertiary/aromatic N) is 5. The van der Waals surface area contributed by atoms with Gasteiger partial charge in [-0.15, -0.1) is 22.7 Å². The molecule has 0 radical (unpaired) electrons. The number of pyridine rings is 2.